The number of ether oxygens (including phenoxy) is 1. The first-order valence-electron chi connectivity index (χ1n) is 6.41. The molecule has 0 unspecified atom stereocenters. The van der Waals surface area contributed by atoms with Crippen LogP contribution in [0.5, 0.6) is 5.75 Å². The van der Waals surface area contributed by atoms with E-state index < -0.39 is 23.2 Å². The number of carboxylic acid groups (broad SMARTS) is 1. The molecule has 2 N–H and O–H groups in total. The second kappa shape index (κ2) is 5.90. The predicted octanol–water partition coefficient (Wildman–Crippen LogP) is 1.72. The zero-order valence-electron chi connectivity index (χ0n) is 10.9. The number of aliphatic carboxylic acids is 1. The lowest BCUT2D eigenvalue weighted by atomic mass is 9.74. The zero-order chi connectivity index (χ0) is 14.6. The minimum atomic E-state index is -0.944. The van der Waals surface area contributed by atoms with Crippen LogP contribution < -0.4 is 10.1 Å². The topological polar surface area (TPSA) is 75.6 Å². The standard InChI is InChI=1S/C14H16FNO4/c15-10-4-1-2-5-11(10)20-9-12(17)16-14(6-3-7-14)8-13(18)19/h1-2,4-5H,3,6-9H2,(H,16,17)(H,18,19). The largest absolute Gasteiger partial charge is 0.481 e. The van der Waals surface area contributed by atoms with Gasteiger partial charge in [0.05, 0.1) is 12.0 Å². The second-order valence-electron chi connectivity index (χ2n) is 4.97. The van der Waals surface area contributed by atoms with Crippen molar-refractivity contribution in [2.24, 2.45) is 0 Å². The molecule has 6 heteroatoms. The molecule has 0 heterocycles. The number of carbonyl (C=O) groups is 2. The molecule has 1 fully saturated rings. The maximum Gasteiger partial charge on any atom is 0.305 e. The SMILES string of the molecule is O=C(O)CC1(NC(=O)COc2ccccc2F)CCC1. The fourth-order valence-electron chi connectivity index (χ4n) is 2.28. The van der Waals surface area contributed by atoms with Gasteiger partial charge in [0.15, 0.2) is 18.2 Å². The molecule has 1 saturated carbocycles. The first kappa shape index (κ1) is 14.3. The van der Waals surface area contributed by atoms with Gasteiger partial charge in [-0.25, -0.2) is 4.39 Å². The highest BCUT2D eigenvalue weighted by Crippen LogP contribution is 2.34. The van der Waals surface area contributed by atoms with Gasteiger partial charge in [-0.1, -0.05) is 12.1 Å². The number of hydrogen-bond acceptors (Lipinski definition) is 3. The van der Waals surface area contributed by atoms with E-state index in [1.54, 1.807) is 6.07 Å². The predicted molar refractivity (Wildman–Crippen MR) is 68.9 cm³/mol. The van der Waals surface area contributed by atoms with Crippen LogP contribution in [0, 0.1) is 5.82 Å². The molecule has 2 rings (SSSR count). The minimum absolute atomic E-state index is 0.00328. The molecule has 0 aliphatic heterocycles. The second-order valence-corrected chi connectivity index (χ2v) is 4.97. The van der Waals surface area contributed by atoms with E-state index in [9.17, 15) is 14.0 Å². The molecular weight excluding hydrogens is 265 g/mol. The molecule has 108 valence electrons. The van der Waals surface area contributed by atoms with Gasteiger partial charge in [0.25, 0.3) is 5.91 Å². The monoisotopic (exact) mass is 281 g/mol. The molecule has 0 atom stereocenters. The number of amides is 1. The molecule has 0 saturated heterocycles. The smallest absolute Gasteiger partial charge is 0.305 e. The van der Waals surface area contributed by atoms with E-state index in [2.05, 4.69) is 5.32 Å². The summed E-state index contributed by atoms with van der Waals surface area (Å²) in [6.07, 6.45) is 2.08. The Hall–Kier alpha value is -2.11. The van der Waals surface area contributed by atoms with Gasteiger partial charge in [-0.2, -0.15) is 0 Å². The highest BCUT2D eigenvalue weighted by molar-refractivity contribution is 5.80. The van der Waals surface area contributed by atoms with Crippen LogP contribution in [0.4, 0.5) is 4.39 Å². The summed E-state index contributed by atoms with van der Waals surface area (Å²) >= 11 is 0. The van der Waals surface area contributed by atoms with E-state index >= 15 is 0 Å². The average molecular weight is 281 g/mol. The van der Waals surface area contributed by atoms with Crippen LogP contribution in [0.15, 0.2) is 24.3 Å². The molecule has 0 aromatic heterocycles. The summed E-state index contributed by atoms with van der Waals surface area (Å²) in [5, 5.41) is 11.5. The fraction of sp³-hybridized carbons (Fsp3) is 0.429. The van der Waals surface area contributed by atoms with E-state index in [0.717, 1.165) is 6.42 Å². The van der Waals surface area contributed by atoms with Crippen molar-refractivity contribution in [3.8, 4) is 5.75 Å². The Balaban J connectivity index is 1.86. The third-order valence-corrected chi connectivity index (χ3v) is 3.40. The summed E-state index contributed by atoms with van der Waals surface area (Å²) in [6, 6.07) is 5.80. The normalized spacial score (nSPS) is 16.1. The molecular formula is C14H16FNO4. The van der Waals surface area contributed by atoms with Crippen LogP contribution in [0.1, 0.15) is 25.7 Å². The quantitative estimate of drug-likeness (QED) is 0.832. The van der Waals surface area contributed by atoms with Crippen LogP contribution in [-0.4, -0.2) is 29.1 Å². The first-order chi connectivity index (χ1) is 9.51. The van der Waals surface area contributed by atoms with Gasteiger partial charge < -0.3 is 15.2 Å². The van der Waals surface area contributed by atoms with Crippen molar-refractivity contribution in [1.82, 2.24) is 5.32 Å². The third kappa shape index (κ3) is 3.46. The Morgan fingerprint density at radius 3 is 2.60 bits per heavy atom. The fourth-order valence-corrected chi connectivity index (χ4v) is 2.28. The molecule has 1 amide bonds. The van der Waals surface area contributed by atoms with E-state index in [-0.39, 0.29) is 18.8 Å². The van der Waals surface area contributed by atoms with E-state index in [1.165, 1.54) is 18.2 Å². The van der Waals surface area contributed by atoms with Crippen LogP contribution in [0.2, 0.25) is 0 Å². The number of rotatable bonds is 6. The molecule has 5 nitrogen and oxygen atoms in total. The summed E-state index contributed by atoms with van der Waals surface area (Å²) in [5.41, 5.74) is -0.665. The maximum atomic E-state index is 13.3. The van der Waals surface area contributed by atoms with Gasteiger partial charge in [-0.3, -0.25) is 9.59 Å². The summed E-state index contributed by atoms with van der Waals surface area (Å²) in [5.74, 6) is -1.91. The van der Waals surface area contributed by atoms with Crippen molar-refractivity contribution in [2.75, 3.05) is 6.61 Å². The van der Waals surface area contributed by atoms with Gasteiger partial charge in [-0.05, 0) is 31.4 Å². The molecule has 1 aliphatic rings. The lowest BCUT2D eigenvalue weighted by molar-refractivity contribution is -0.140. The van der Waals surface area contributed by atoms with Gasteiger partial charge in [0, 0.05) is 0 Å². The van der Waals surface area contributed by atoms with Gasteiger partial charge in [-0.15, -0.1) is 0 Å². The van der Waals surface area contributed by atoms with Crippen molar-refractivity contribution in [1.29, 1.82) is 0 Å². The molecule has 0 bridgehead atoms. The summed E-state index contributed by atoms with van der Waals surface area (Å²) in [4.78, 5) is 22.5. The van der Waals surface area contributed by atoms with Crippen LogP contribution in [0.3, 0.4) is 0 Å². The molecule has 1 aliphatic carbocycles. The maximum absolute atomic E-state index is 13.3. The molecule has 0 radical (unpaired) electrons. The number of hydrogen-bond donors (Lipinski definition) is 2. The number of carbonyl (C=O) groups excluding carboxylic acids is 1. The third-order valence-electron chi connectivity index (χ3n) is 3.40. The number of para-hydroxylation sites is 1. The lowest BCUT2D eigenvalue weighted by Crippen LogP contribution is -2.55. The average Bonchev–Trinajstić information content (AvgIpc) is 2.34. The lowest BCUT2D eigenvalue weighted by Gasteiger charge is -2.41. The van der Waals surface area contributed by atoms with E-state index in [0.29, 0.717) is 12.8 Å². The van der Waals surface area contributed by atoms with E-state index in [1.807, 2.05) is 0 Å². The highest BCUT2D eigenvalue weighted by atomic mass is 19.1. The Labute approximate surface area is 115 Å². The molecule has 20 heavy (non-hydrogen) atoms. The van der Waals surface area contributed by atoms with Crippen LogP contribution in [0.25, 0.3) is 0 Å². The van der Waals surface area contributed by atoms with Crippen molar-refractivity contribution in [3.05, 3.63) is 30.1 Å². The molecule has 1 aromatic carbocycles. The van der Waals surface area contributed by atoms with Crippen molar-refractivity contribution < 1.29 is 23.8 Å². The summed E-state index contributed by atoms with van der Waals surface area (Å²) in [7, 11) is 0. The number of nitrogens with one attached hydrogen (secondary N) is 1. The first-order valence-corrected chi connectivity index (χ1v) is 6.41. The van der Waals surface area contributed by atoms with Crippen molar-refractivity contribution in [3.63, 3.8) is 0 Å². The number of benzene rings is 1. The Kier molecular flexibility index (Phi) is 4.22. The number of halogens is 1. The van der Waals surface area contributed by atoms with Crippen LogP contribution in [-0.2, 0) is 9.59 Å². The van der Waals surface area contributed by atoms with E-state index in [4.69, 9.17) is 9.84 Å². The van der Waals surface area contributed by atoms with Gasteiger partial charge >= 0.3 is 5.97 Å². The van der Waals surface area contributed by atoms with Crippen molar-refractivity contribution >= 4 is 11.9 Å². The van der Waals surface area contributed by atoms with Gasteiger partial charge in [0.1, 0.15) is 0 Å². The summed E-state index contributed by atoms with van der Waals surface area (Å²) in [6.45, 7) is -0.331. The van der Waals surface area contributed by atoms with Gasteiger partial charge in [0.2, 0.25) is 0 Å². The summed E-state index contributed by atoms with van der Waals surface area (Å²) < 4.78 is 18.4. The van der Waals surface area contributed by atoms with Crippen molar-refractivity contribution in [2.45, 2.75) is 31.2 Å². The Morgan fingerprint density at radius 1 is 1.35 bits per heavy atom. The Bertz CT molecular complexity index is 514. The highest BCUT2D eigenvalue weighted by Gasteiger charge is 2.40. The minimum Gasteiger partial charge on any atom is -0.481 e. The molecule has 0 spiro atoms. The number of carboxylic acids is 1. The molecule has 1 aromatic rings. The van der Waals surface area contributed by atoms with Crippen LogP contribution >= 0.6 is 0 Å². The zero-order valence-corrected chi connectivity index (χ0v) is 10.9. The Morgan fingerprint density at radius 2 is 2.05 bits per heavy atom.